The lowest BCUT2D eigenvalue weighted by Gasteiger charge is -2.35. The van der Waals surface area contributed by atoms with Gasteiger partial charge in [0.15, 0.2) is 0 Å². The van der Waals surface area contributed by atoms with Gasteiger partial charge in [-0.25, -0.2) is 26.9 Å². The number of imide groups is 1. The van der Waals surface area contributed by atoms with E-state index in [1.807, 2.05) is 0 Å². The highest BCUT2D eigenvalue weighted by Crippen LogP contribution is 2.28. The van der Waals surface area contributed by atoms with E-state index in [0.717, 1.165) is 21.3 Å². The molecule has 30 heavy (non-hydrogen) atoms. The highest BCUT2D eigenvalue weighted by molar-refractivity contribution is 7.89. The van der Waals surface area contributed by atoms with Crippen molar-refractivity contribution < 1.29 is 26.8 Å². The number of sulfonamides is 1. The van der Waals surface area contributed by atoms with Gasteiger partial charge in [-0.05, 0) is 37.1 Å². The first kappa shape index (κ1) is 20.4. The third-order valence-corrected chi connectivity index (χ3v) is 7.22. The molecule has 2 aliphatic rings. The standard InChI is InChI=1S/C20H19F2N3O4S/c21-14-10-15(22)12-18(11-14)30(28,29)23-8-6-16(7-9-23)24-13-19(26)25(20(24)27)17-4-2-1-3-5-17/h1-5,10-12,16H,6-9,13H2. The zero-order valence-corrected chi connectivity index (χ0v) is 16.7. The summed E-state index contributed by atoms with van der Waals surface area (Å²) in [6.45, 7) is 0.0864. The van der Waals surface area contributed by atoms with Crippen molar-refractivity contribution in [2.24, 2.45) is 0 Å². The Bertz CT molecular complexity index is 1070. The Morgan fingerprint density at radius 1 is 0.900 bits per heavy atom. The number of piperidine rings is 1. The molecular weight excluding hydrogens is 416 g/mol. The van der Waals surface area contributed by atoms with Crippen molar-refractivity contribution in [2.45, 2.75) is 23.8 Å². The van der Waals surface area contributed by atoms with Crippen LogP contribution in [0.25, 0.3) is 0 Å². The zero-order chi connectivity index (χ0) is 21.5. The predicted octanol–water partition coefficient (Wildman–Crippen LogP) is 2.59. The summed E-state index contributed by atoms with van der Waals surface area (Å²) >= 11 is 0. The quantitative estimate of drug-likeness (QED) is 0.692. The number of hydrogen-bond acceptors (Lipinski definition) is 4. The Labute approximate surface area is 172 Å². The van der Waals surface area contributed by atoms with Gasteiger partial charge in [-0.15, -0.1) is 0 Å². The predicted molar refractivity (Wildman–Crippen MR) is 104 cm³/mol. The summed E-state index contributed by atoms with van der Waals surface area (Å²) in [6, 6.07) is 10.0. The summed E-state index contributed by atoms with van der Waals surface area (Å²) in [6.07, 6.45) is 0.636. The third kappa shape index (κ3) is 3.68. The maximum absolute atomic E-state index is 13.4. The molecule has 0 saturated carbocycles. The molecule has 0 radical (unpaired) electrons. The van der Waals surface area contributed by atoms with Crippen molar-refractivity contribution in [3.8, 4) is 0 Å². The normalized spacial score (nSPS) is 19.0. The number of nitrogens with zero attached hydrogens (tertiary/aromatic N) is 3. The maximum atomic E-state index is 13.4. The molecule has 0 spiro atoms. The van der Waals surface area contributed by atoms with Gasteiger partial charge in [-0.2, -0.15) is 4.31 Å². The van der Waals surface area contributed by atoms with E-state index in [1.165, 1.54) is 4.90 Å². The molecule has 10 heteroatoms. The number of urea groups is 1. The Morgan fingerprint density at radius 2 is 1.50 bits per heavy atom. The van der Waals surface area contributed by atoms with Gasteiger partial charge in [0.1, 0.15) is 18.2 Å². The third-order valence-electron chi connectivity index (χ3n) is 5.34. The topological polar surface area (TPSA) is 78.0 Å². The second-order valence-corrected chi connectivity index (χ2v) is 9.15. The molecule has 2 saturated heterocycles. The summed E-state index contributed by atoms with van der Waals surface area (Å²) in [5, 5.41) is 0. The smallest absolute Gasteiger partial charge is 0.312 e. The molecule has 0 aromatic heterocycles. The minimum Gasteiger partial charge on any atom is -0.312 e. The van der Waals surface area contributed by atoms with Crippen LogP contribution in [0.4, 0.5) is 19.3 Å². The monoisotopic (exact) mass is 435 g/mol. The van der Waals surface area contributed by atoms with Crippen molar-refractivity contribution in [3.05, 3.63) is 60.2 Å². The van der Waals surface area contributed by atoms with E-state index in [-0.39, 0.29) is 31.6 Å². The number of anilines is 1. The van der Waals surface area contributed by atoms with Crippen LogP contribution >= 0.6 is 0 Å². The van der Waals surface area contributed by atoms with Crippen molar-refractivity contribution in [1.82, 2.24) is 9.21 Å². The van der Waals surface area contributed by atoms with Crippen LogP contribution in [0.5, 0.6) is 0 Å². The first-order chi connectivity index (χ1) is 14.3. The van der Waals surface area contributed by atoms with E-state index in [4.69, 9.17) is 0 Å². The van der Waals surface area contributed by atoms with Gasteiger partial charge in [0.25, 0.3) is 5.91 Å². The molecule has 0 unspecified atom stereocenters. The fourth-order valence-corrected chi connectivity index (χ4v) is 5.37. The van der Waals surface area contributed by atoms with Crippen molar-refractivity contribution in [2.75, 3.05) is 24.5 Å². The van der Waals surface area contributed by atoms with E-state index in [0.29, 0.717) is 24.6 Å². The Balaban J connectivity index is 1.46. The van der Waals surface area contributed by atoms with Crippen LogP contribution in [0.1, 0.15) is 12.8 Å². The van der Waals surface area contributed by atoms with Gasteiger partial charge in [-0.1, -0.05) is 18.2 Å². The summed E-state index contributed by atoms with van der Waals surface area (Å²) < 4.78 is 53.5. The maximum Gasteiger partial charge on any atom is 0.332 e. The van der Waals surface area contributed by atoms with E-state index in [9.17, 15) is 26.8 Å². The summed E-state index contributed by atoms with van der Waals surface area (Å²) in [5.74, 6) is -2.27. The SMILES string of the molecule is O=C1CN(C2CCN(S(=O)(=O)c3cc(F)cc(F)c3)CC2)C(=O)N1c1ccccc1. The first-order valence-corrected chi connectivity index (χ1v) is 10.9. The molecule has 4 rings (SSSR count). The lowest BCUT2D eigenvalue weighted by atomic mass is 10.1. The average Bonchev–Trinajstić information content (AvgIpc) is 3.02. The molecule has 0 atom stereocenters. The van der Waals surface area contributed by atoms with Gasteiger partial charge in [0.05, 0.1) is 10.6 Å². The fraction of sp³-hybridized carbons (Fsp3) is 0.300. The molecule has 2 fully saturated rings. The molecule has 3 amide bonds. The zero-order valence-electron chi connectivity index (χ0n) is 15.9. The minimum absolute atomic E-state index is 0.0692. The molecule has 7 nitrogen and oxygen atoms in total. The molecule has 0 aliphatic carbocycles. The fourth-order valence-electron chi connectivity index (χ4n) is 3.86. The van der Waals surface area contributed by atoms with Crippen LogP contribution in [-0.2, 0) is 14.8 Å². The van der Waals surface area contributed by atoms with Crippen LogP contribution in [0.3, 0.4) is 0 Å². The summed E-state index contributed by atoms with van der Waals surface area (Å²) in [5.41, 5.74) is 0.489. The number of carbonyl (C=O) groups is 2. The van der Waals surface area contributed by atoms with E-state index in [1.54, 1.807) is 30.3 Å². The minimum atomic E-state index is -4.06. The second-order valence-electron chi connectivity index (χ2n) is 7.22. The largest absolute Gasteiger partial charge is 0.332 e. The number of rotatable bonds is 4. The number of amides is 3. The molecular formula is C20H19F2N3O4S. The van der Waals surface area contributed by atoms with E-state index >= 15 is 0 Å². The van der Waals surface area contributed by atoms with Gasteiger partial charge < -0.3 is 4.90 Å². The molecule has 2 aliphatic heterocycles. The first-order valence-electron chi connectivity index (χ1n) is 9.42. The van der Waals surface area contributed by atoms with Crippen LogP contribution < -0.4 is 4.90 Å². The van der Waals surface area contributed by atoms with Gasteiger partial charge in [0.2, 0.25) is 10.0 Å². The molecule has 0 bridgehead atoms. The molecule has 158 valence electrons. The Kier molecular flexibility index (Phi) is 5.29. The number of para-hydroxylation sites is 1. The highest BCUT2D eigenvalue weighted by atomic mass is 32.2. The van der Waals surface area contributed by atoms with Gasteiger partial charge >= 0.3 is 6.03 Å². The number of hydrogen-bond donors (Lipinski definition) is 0. The molecule has 2 heterocycles. The highest BCUT2D eigenvalue weighted by Gasteiger charge is 2.42. The lowest BCUT2D eigenvalue weighted by Crippen LogP contribution is -2.48. The van der Waals surface area contributed by atoms with E-state index < -0.39 is 32.6 Å². The van der Waals surface area contributed by atoms with Gasteiger partial charge in [0, 0.05) is 25.2 Å². The van der Waals surface area contributed by atoms with Crippen LogP contribution in [-0.4, -0.2) is 55.2 Å². The number of benzene rings is 2. The summed E-state index contributed by atoms with van der Waals surface area (Å²) in [7, 11) is -4.06. The van der Waals surface area contributed by atoms with Crippen molar-refractivity contribution in [3.63, 3.8) is 0 Å². The van der Waals surface area contributed by atoms with Crippen molar-refractivity contribution >= 4 is 27.6 Å². The van der Waals surface area contributed by atoms with Crippen LogP contribution in [0.15, 0.2) is 53.4 Å². The Morgan fingerprint density at radius 3 is 2.10 bits per heavy atom. The average molecular weight is 435 g/mol. The van der Waals surface area contributed by atoms with E-state index in [2.05, 4.69) is 0 Å². The van der Waals surface area contributed by atoms with Gasteiger partial charge in [-0.3, -0.25) is 4.79 Å². The molecule has 2 aromatic carbocycles. The van der Waals surface area contributed by atoms with Crippen molar-refractivity contribution in [1.29, 1.82) is 0 Å². The number of halogens is 2. The molecule has 0 N–H and O–H groups in total. The molecule has 2 aromatic rings. The second kappa shape index (κ2) is 7.77. The number of carbonyl (C=O) groups excluding carboxylic acids is 2. The summed E-state index contributed by atoms with van der Waals surface area (Å²) in [4.78, 5) is 27.3. The van der Waals surface area contributed by atoms with Crippen LogP contribution in [0.2, 0.25) is 0 Å². The lowest BCUT2D eigenvalue weighted by molar-refractivity contribution is -0.116. The Hall–Kier alpha value is -2.85. The van der Waals surface area contributed by atoms with Crippen LogP contribution in [0, 0.1) is 11.6 Å².